The van der Waals surface area contributed by atoms with Gasteiger partial charge >= 0.3 is 0 Å². The summed E-state index contributed by atoms with van der Waals surface area (Å²) in [7, 11) is 3.87. The Balaban J connectivity index is 1.97. The Morgan fingerprint density at radius 1 is 1.35 bits per heavy atom. The number of rotatable bonds is 5. The van der Waals surface area contributed by atoms with Crippen molar-refractivity contribution in [3.8, 4) is 0 Å². The molecule has 4 heteroatoms. The molecule has 1 amide bonds. The molecule has 1 fully saturated rings. The van der Waals surface area contributed by atoms with Crippen LogP contribution in [0.2, 0.25) is 0 Å². The largest absolute Gasteiger partial charge is 0.355 e. The zero-order chi connectivity index (χ0) is 14.5. The molecular weight excluding hydrogens is 268 g/mol. The van der Waals surface area contributed by atoms with Crippen LogP contribution in [0.4, 0.5) is 0 Å². The first-order valence-corrected chi connectivity index (χ1v) is 8.48. The van der Waals surface area contributed by atoms with Gasteiger partial charge in [-0.1, -0.05) is 18.6 Å². The Morgan fingerprint density at radius 3 is 2.65 bits per heavy atom. The molecule has 1 aromatic carbocycles. The molecule has 0 heterocycles. The summed E-state index contributed by atoms with van der Waals surface area (Å²) in [4.78, 5) is 14.0. The number of carbonyl (C=O) groups is 1. The molecule has 0 aliphatic heterocycles. The number of nitrogens with one attached hydrogen (secondary N) is 1. The van der Waals surface area contributed by atoms with Gasteiger partial charge in [0.05, 0.1) is 0 Å². The number of thioether (sulfide) groups is 1. The molecule has 1 aromatic rings. The predicted molar refractivity (Wildman–Crippen MR) is 86.2 cm³/mol. The highest BCUT2D eigenvalue weighted by atomic mass is 32.2. The normalized spacial score (nSPS) is 22.2. The average molecular weight is 292 g/mol. The summed E-state index contributed by atoms with van der Waals surface area (Å²) in [5.74, 6) is -0.0249. The number of amides is 1. The maximum absolute atomic E-state index is 11.5. The highest BCUT2D eigenvalue weighted by Gasteiger charge is 2.29. The summed E-state index contributed by atoms with van der Waals surface area (Å²) in [5.41, 5.74) is 1.99. The molecule has 20 heavy (non-hydrogen) atoms. The third-order valence-corrected chi connectivity index (χ3v) is 5.32. The van der Waals surface area contributed by atoms with Crippen molar-refractivity contribution in [1.82, 2.24) is 10.2 Å². The zero-order valence-corrected chi connectivity index (χ0v) is 13.4. The maximum atomic E-state index is 11.5. The monoisotopic (exact) mass is 292 g/mol. The van der Waals surface area contributed by atoms with Crippen LogP contribution >= 0.6 is 11.8 Å². The van der Waals surface area contributed by atoms with Gasteiger partial charge in [-0.2, -0.15) is 11.8 Å². The summed E-state index contributed by atoms with van der Waals surface area (Å²) in [6.07, 6.45) is 6.20. The van der Waals surface area contributed by atoms with Crippen LogP contribution in [-0.2, 0) is 6.54 Å². The van der Waals surface area contributed by atoms with Gasteiger partial charge in [-0.15, -0.1) is 0 Å². The fourth-order valence-electron chi connectivity index (χ4n) is 3.00. The van der Waals surface area contributed by atoms with Crippen molar-refractivity contribution in [2.75, 3.05) is 20.4 Å². The lowest BCUT2D eigenvalue weighted by atomic mass is 10.1. The Hall–Kier alpha value is -1.00. The van der Waals surface area contributed by atoms with E-state index in [9.17, 15) is 4.79 Å². The molecule has 0 saturated heterocycles. The van der Waals surface area contributed by atoms with Gasteiger partial charge in [0.2, 0.25) is 0 Å². The Labute approximate surface area is 126 Å². The standard InChI is InChI=1S/C16H24N2OS/c1-17-16(19)13-9-7-12(8-10-13)11-18(2)14-5-4-6-15(14)20-3/h7-10,14-15H,4-6,11H2,1-3H3,(H,17,19)/t14-,15-/m0/s1. The van der Waals surface area contributed by atoms with Gasteiger partial charge in [0.15, 0.2) is 0 Å². The molecular formula is C16H24N2OS. The quantitative estimate of drug-likeness (QED) is 0.905. The van der Waals surface area contributed by atoms with Gasteiger partial charge in [0.25, 0.3) is 5.91 Å². The van der Waals surface area contributed by atoms with Crippen molar-refractivity contribution in [3.05, 3.63) is 35.4 Å². The topological polar surface area (TPSA) is 32.3 Å². The molecule has 1 aliphatic rings. The van der Waals surface area contributed by atoms with Crippen molar-refractivity contribution >= 4 is 17.7 Å². The van der Waals surface area contributed by atoms with Crippen molar-refractivity contribution in [3.63, 3.8) is 0 Å². The van der Waals surface area contributed by atoms with E-state index in [2.05, 4.69) is 35.7 Å². The van der Waals surface area contributed by atoms with Gasteiger partial charge in [0, 0.05) is 30.4 Å². The van der Waals surface area contributed by atoms with Crippen LogP contribution in [-0.4, -0.2) is 42.4 Å². The first-order chi connectivity index (χ1) is 9.65. The predicted octanol–water partition coefficient (Wildman–Crippen LogP) is 2.76. The van der Waals surface area contributed by atoms with Gasteiger partial charge in [-0.25, -0.2) is 0 Å². The molecule has 110 valence electrons. The molecule has 0 bridgehead atoms. The SMILES string of the molecule is CNC(=O)c1ccc(CN(C)[C@H]2CCC[C@@H]2SC)cc1. The van der Waals surface area contributed by atoms with E-state index >= 15 is 0 Å². The van der Waals surface area contributed by atoms with Gasteiger partial charge in [0.1, 0.15) is 0 Å². The van der Waals surface area contributed by atoms with Crippen LogP contribution in [0.15, 0.2) is 24.3 Å². The summed E-state index contributed by atoms with van der Waals surface area (Å²) < 4.78 is 0. The second-order valence-corrected chi connectivity index (χ2v) is 6.54. The van der Waals surface area contributed by atoms with Crippen LogP contribution in [0.25, 0.3) is 0 Å². The lowest BCUT2D eigenvalue weighted by Crippen LogP contribution is -2.35. The highest BCUT2D eigenvalue weighted by molar-refractivity contribution is 7.99. The van der Waals surface area contributed by atoms with Crippen molar-refractivity contribution in [1.29, 1.82) is 0 Å². The van der Waals surface area contributed by atoms with Crippen molar-refractivity contribution in [2.24, 2.45) is 0 Å². The molecule has 1 N–H and O–H groups in total. The number of nitrogens with zero attached hydrogens (tertiary/aromatic N) is 1. The first-order valence-electron chi connectivity index (χ1n) is 7.19. The summed E-state index contributed by atoms with van der Waals surface area (Å²) in [5, 5.41) is 3.42. The fourth-order valence-corrected chi connectivity index (χ4v) is 4.06. The van der Waals surface area contributed by atoms with Crippen LogP contribution in [0, 0.1) is 0 Å². The highest BCUT2D eigenvalue weighted by Crippen LogP contribution is 2.32. The third-order valence-electron chi connectivity index (χ3n) is 4.16. The van der Waals surface area contributed by atoms with Gasteiger partial charge < -0.3 is 5.32 Å². The number of benzene rings is 1. The van der Waals surface area contributed by atoms with Crippen LogP contribution in [0.3, 0.4) is 0 Å². The molecule has 1 saturated carbocycles. The summed E-state index contributed by atoms with van der Waals surface area (Å²) in [6.45, 7) is 0.954. The second kappa shape index (κ2) is 7.14. The molecule has 0 radical (unpaired) electrons. The van der Waals surface area contributed by atoms with E-state index in [0.717, 1.165) is 17.4 Å². The molecule has 3 nitrogen and oxygen atoms in total. The van der Waals surface area contributed by atoms with E-state index in [1.165, 1.54) is 24.8 Å². The maximum Gasteiger partial charge on any atom is 0.251 e. The minimum Gasteiger partial charge on any atom is -0.355 e. The Kier molecular flexibility index (Phi) is 5.49. The second-order valence-electron chi connectivity index (χ2n) is 5.46. The molecule has 1 aliphatic carbocycles. The van der Waals surface area contributed by atoms with E-state index < -0.39 is 0 Å². The van der Waals surface area contributed by atoms with Crippen molar-refractivity contribution in [2.45, 2.75) is 37.1 Å². The van der Waals surface area contributed by atoms with Crippen LogP contribution in [0.5, 0.6) is 0 Å². The zero-order valence-electron chi connectivity index (χ0n) is 12.6. The number of hydrogen-bond donors (Lipinski definition) is 1. The molecule has 0 unspecified atom stereocenters. The third kappa shape index (κ3) is 3.55. The summed E-state index contributed by atoms with van der Waals surface area (Å²) in [6, 6.07) is 8.61. The van der Waals surface area contributed by atoms with E-state index in [1.54, 1.807) is 7.05 Å². The van der Waals surface area contributed by atoms with Crippen LogP contribution < -0.4 is 5.32 Å². The lowest BCUT2D eigenvalue weighted by molar-refractivity contribution is 0.0963. The van der Waals surface area contributed by atoms with E-state index in [1.807, 2.05) is 23.9 Å². The van der Waals surface area contributed by atoms with Gasteiger partial charge in [-0.3, -0.25) is 9.69 Å². The minimum atomic E-state index is -0.0249. The molecule has 2 atom stereocenters. The minimum absolute atomic E-state index is 0.0249. The first kappa shape index (κ1) is 15.4. The fraction of sp³-hybridized carbons (Fsp3) is 0.562. The number of hydrogen-bond acceptors (Lipinski definition) is 3. The molecule has 0 spiro atoms. The van der Waals surface area contributed by atoms with Crippen molar-refractivity contribution < 1.29 is 4.79 Å². The average Bonchev–Trinajstić information content (AvgIpc) is 2.95. The summed E-state index contributed by atoms with van der Waals surface area (Å²) >= 11 is 1.99. The Morgan fingerprint density at radius 2 is 2.05 bits per heavy atom. The van der Waals surface area contributed by atoms with E-state index in [0.29, 0.717) is 6.04 Å². The lowest BCUT2D eigenvalue weighted by Gasteiger charge is -2.28. The smallest absolute Gasteiger partial charge is 0.251 e. The van der Waals surface area contributed by atoms with E-state index in [4.69, 9.17) is 0 Å². The van der Waals surface area contributed by atoms with E-state index in [-0.39, 0.29) is 5.91 Å². The van der Waals surface area contributed by atoms with Gasteiger partial charge in [-0.05, 0) is 43.8 Å². The molecule has 2 rings (SSSR count). The number of carbonyl (C=O) groups excluding carboxylic acids is 1. The van der Waals surface area contributed by atoms with Crippen LogP contribution in [0.1, 0.15) is 35.2 Å². The Bertz CT molecular complexity index is 446. The molecule has 0 aromatic heterocycles.